The van der Waals surface area contributed by atoms with Crippen LogP contribution in [-0.4, -0.2) is 154 Å². The average Bonchev–Trinajstić information content (AvgIpc) is 3.78. The third-order valence-electron chi connectivity index (χ3n) is 10.3. The van der Waals surface area contributed by atoms with Gasteiger partial charge in [0.25, 0.3) is 0 Å². The molecule has 63 heavy (non-hydrogen) atoms. The van der Waals surface area contributed by atoms with Crippen molar-refractivity contribution in [3.05, 3.63) is 48.3 Å². The van der Waals surface area contributed by atoms with Crippen molar-refractivity contribution in [3.63, 3.8) is 0 Å². The topological polar surface area (TPSA) is 346 Å². The van der Waals surface area contributed by atoms with E-state index in [1.165, 1.54) is 21.0 Å². The maximum absolute atomic E-state index is 14.3. The zero-order valence-corrected chi connectivity index (χ0v) is 37.4. The van der Waals surface area contributed by atoms with Gasteiger partial charge in [0.15, 0.2) is 5.96 Å². The van der Waals surface area contributed by atoms with Crippen LogP contribution in [0.3, 0.4) is 0 Å². The van der Waals surface area contributed by atoms with Crippen molar-refractivity contribution in [2.24, 2.45) is 39.4 Å². The highest BCUT2D eigenvalue weighted by molar-refractivity contribution is 7.80. The summed E-state index contributed by atoms with van der Waals surface area (Å²) >= 11 is 4.22. The molecule has 0 saturated heterocycles. The second kappa shape index (κ2) is 31.5. The summed E-state index contributed by atoms with van der Waals surface area (Å²) in [5, 5.41) is 5.80. The van der Waals surface area contributed by atoms with Crippen molar-refractivity contribution in [1.82, 2.24) is 40.3 Å². The van der Waals surface area contributed by atoms with Gasteiger partial charge in [-0.1, -0.05) is 12.5 Å². The van der Waals surface area contributed by atoms with Gasteiger partial charge in [-0.3, -0.25) is 38.7 Å². The first kappa shape index (κ1) is 53.8. The lowest BCUT2D eigenvalue weighted by molar-refractivity contribution is -0.142. The molecule has 6 amide bonds. The molecule has 2 heterocycles. The number of guanidine groups is 1. The maximum Gasteiger partial charge on any atom is 0.243 e. The molecule has 0 aromatic carbocycles. The molecule has 0 aliphatic carbocycles. The van der Waals surface area contributed by atoms with E-state index < -0.39 is 35.8 Å². The molecule has 22 heteroatoms. The summed E-state index contributed by atoms with van der Waals surface area (Å²) in [5.41, 5.74) is 35.2. The first-order chi connectivity index (χ1) is 30.4. The van der Waals surface area contributed by atoms with Crippen molar-refractivity contribution in [3.8, 4) is 0 Å². The van der Waals surface area contributed by atoms with E-state index in [-0.39, 0.29) is 107 Å². The van der Waals surface area contributed by atoms with Crippen molar-refractivity contribution < 1.29 is 28.8 Å². The number of nitrogens with two attached hydrogens (primary N) is 6. The van der Waals surface area contributed by atoms with Gasteiger partial charge in [0.1, 0.15) is 18.1 Å². The largest absolute Gasteiger partial charge is 0.370 e. The zero-order chi connectivity index (χ0) is 46.4. The molecule has 0 saturated carbocycles. The SMILES string of the molecule is NCCCCCC(=O)N(CCNC(=O)[C@H](Cc1cccnc1)N(CCN)C(=O)CCS)[C@@H](Cc1cnc[nH]1)C(=O)NCCN(C(=O)CCCCN=C(N)N)[C@@H](CCCCN)C(N)=O. The van der Waals surface area contributed by atoms with Crippen LogP contribution in [0.1, 0.15) is 81.9 Å². The molecular formula is C41H71N15O6S. The molecule has 2 rings (SSSR count). The van der Waals surface area contributed by atoms with E-state index in [1.54, 1.807) is 24.7 Å². The molecule has 0 bridgehead atoms. The molecule has 352 valence electrons. The highest BCUT2D eigenvalue weighted by Gasteiger charge is 2.33. The zero-order valence-electron chi connectivity index (χ0n) is 36.5. The van der Waals surface area contributed by atoms with Gasteiger partial charge < -0.3 is 64.7 Å². The number of H-pyrrole nitrogens is 1. The second-order valence-electron chi connectivity index (χ2n) is 15.0. The van der Waals surface area contributed by atoms with Gasteiger partial charge in [-0.2, -0.15) is 12.6 Å². The Labute approximate surface area is 376 Å². The number of thiol groups is 1. The lowest BCUT2D eigenvalue weighted by Crippen LogP contribution is -2.56. The predicted octanol–water partition coefficient (Wildman–Crippen LogP) is -1.73. The fourth-order valence-electron chi connectivity index (χ4n) is 7.03. The van der Waals surface area contributed by atoms with Crippen LogP contribution >= 0.6 is 12.6 Å². The van der Waals surface area contributed by atoms with Crippen LogP contribution in [0.15, 0.2) is 42.0 Å². The number of rotatable bonds is 34. The molecule has 2 aromatic rings. The monoisotopic (exact) mass is 902 g/mol. The lowest BCUT2D eigenvalue weighted by atomic mass is 10.0. The molecule has 0 unspecified atom stereocenters. The Hall–Kier alpha value is -5.32. The van der Waals surface area contributed by atoms with E-state index in [9.17, 15) is 28.8 Å². The quantitative estimate of drug-likeness (QED) is 0.0162. The number of primary amides is 1. The summed E-state index contributed by atoms with van der Waals surface area (Å²) in [6, 6.07) is 0.577. The Morgan fingerprint density at radius 1 is 0.683 bits per heavy atom. The van der Waals surface area contributed by atoms with E-state index in [2.05, 4.69) is 43.2 Å². The van der Waals surface area contributed by atoms with Gasteiger partial charge in [0.2, 0.25) is 35.4 Å². The Balaban J connectivity index is 2.40. The average molecular weight is 902 g/mol. The molecule has 0 fully saturated rings. The van der Waals surface area contributed by atoms with E-state index in [1.807, 2.05) is 6.07 Å². The third kappa shape index (κ3) is 20.6. The number of unbranched alkanes of at least 4 members (excludes halogenated alkanes) is 4. The van der Waals surface area contributed by atoms with Crippen LogP contribution in [0, 0.1) is 0 Å². The summed E-state index contributed by atoms with van der Waals surface area (Å²) in [6.07, 6.45) is 11.1. The molecule has 3 atom stereocenters. The van der Waals surface area contributed by atoms with Crippen molar-refractivity contribution >= 4 is 54.0 Å². The smallest absolute Gasteiger partial charge is 0.243 e. The molecule has 0 spiro atoms. The van der Waals surface area contributed by atoms with Crippen molar-refractivity contribution in [2.75, 3.05) is 64.7 Å². The number of carbonyl (C=O) groups excluding carboxylic acids is 6. The number of hydrogen-bond acceptors (Lipinski definition) is 13. The number of aromatic amines is 1. The van der Waals surface area contributed by atoms with Crippen LogP contribution in [-0.2, 0) is 41.6 Å². The standard InChI is InChI=1S/C41H71N15O6S/c42-14-5-1-2-11-36(58)56(23-20-50-39(61)33(25-30-9-8-17-48-27-30)54(21-16-44)37(59)13-24-63)34(26-31-28-49-29-53-31)40(62)51-19-22-55(32(38(45)60)10-3-6-15-43)35(57)12-4-7-18-52-41(46)47/h8-9,17,27-29,32-34,63H,1-7,10-16,18-26,42-44H2,(H2,45,60)(H,49,53)(H,50,61)(H,51,62)(H4,46,47,52)/t32-,33-,34-/m0/s1. The highest BCUT2D eigenvalue weighted by atomic mass is 32.1. The number of carbonyl (C=O) groups is 6. The summed E-state index contributed by atoms with van der Waals surface area (Å²) in [4.78, 5) is 101. The number of hydrogen-bond donors (Lipinski definition) is 10. The van der Waals surface area contributed by atoms with Gasteiger partial charge >= 0.3 is 0 Å². The molecule has 0 aliphatic heterocycles. The van der Waals surface area contributed by atoms with E-state index >= 15 is 0 Å². The van der Waals surface area contributed by atoms with E-state index in [0.29, 0.717) is 63.9 Å². The van der Waals surface area contributed by atoms with Gasteiger partial charge in [0.05, 0.1) is 6.33 Å². The number of nitrogens with zero attached hydrogens (tertiary/aromatic N) is 6. The number of pyridine rings is 1. The summed E-state index contributed by atoms with van der Waals surface area (Å²) in [6.45, 7) is 1.21. The fraction of sp³-hybridized carbons (Fsp3) is 0.634. The van der Waals surface area contributed by atoms with Crippen molar-refractivity contribution in [2.45, 2.75) is 102 Å². The number of imidazole rings is 1. The summed E-state index contributed by atoms with van der Waals surface area (Å²) in [7, 11) is 0. The van der Waals surface area contributed by atoms with Gasteiger partial charge in [-0.05, 0) is 75.4 Å². The Morgan fingerprint density at radius 2 is 1.27 bits per heavy atom. The molecule has 0 aliphatic rings. The second-order valence-corrected chi connectivity index (χ2v) is 15.5. The first-order valence-electron chi connectivity index (χ1n) is 21.7. The maximum atomic E-state index is 14.3. The van der Waals surface area contributed by atoms with E-state index in [4.69, 9.17) is 34.4 Å². The minimum atomic E-state index is -1.09. The van der Waals surface area contributed by atoms with Gasteiger partial charge in [-0.15, -0.1) is 0 Å². The molecule has 21 nitrogen and oxygen atoms in total. The lowest BCUT2D eigenvalue weighted by Gasteiger charge is -2.33. The van der Waals surface area contributed by atoms with Crippen LogP contribution in [0.25, 0.3) is 0 Å². The normalized spacial score (nSPS) is 12.4. The fourth-order valence-corrected chi connectivity index (χ4v) is 7.22. The molecule has 0 radical (unpaired) electrons. The van der Waals surface area contributed by atoms with Crippen LogP contribution in [0.4, 0.5) is 0 Å². The number of aliphatic imine (C=N–C) groups is 1. The predicted molar refractivity (Wildman–Crippen MR) is 244 cm³/mol. The minimum Gasteiger partial charge on any atom is -0.370 e. The molecular weight excluding hydrogens is 831 g/mol. The minimum absolute atomic E-state index is 0.0435. The summed E-state index contributed by atoms with van der Waals surface area (Å²) in [5.74, 6) is -2.40. The van der Waals surface area contributed by atoms with Gasteiger partial charge in [0, 0.05) is 102 Å². The third-order valence-corrected chi connectivity index (χ3v) is 10.5. The summed E-state index contributed by atoms with van der Waals surface area (Å²) < 4.78 is 0. The first-order valence-corrected chi connectivity index (χ1v) is 22.4. The number of aromatic nitrogens is 3. The van der Waals surface area contributed by atoms with Crippen LogP contribution < -0.4 is 45.0 Å². The van der Waals surface area contributed by atoms with Crippen molar-refractivity contribution in [1.29, 1.82) is 0 Å². The van der Waals surface area contributed by atoms with Crippen LogP contribution in [0.2, 0.25) is 0 Å². The highest BCUT2D eigenvalue weighted by Crippen LogP contribution is 2.16. The van der Waals surface area contributed by atoms with Crippen LogP contribution in [0.5, 0.6) is 0 Å². The Bertz CT molecular complexity index is 1680. The Morgan fingerprint density at radius 3 is 1.81 bits per heavy atom. The molecule has 2 aromatic heterocycles. The Kier molecular flexibility index (Phi) is 26.9. The molecule has 15 N–H and O–H groups in total. The number of amides is 6. The number of nitrogens with one attached hydrogen (secondary N) is 3. The van der Waals surface area contributed by atoms with Gasteiger partial charge in [-0.25, -0.2) is 4.98 Å². The van der Waals surface area contributed by atoms with E-state index in [0.717, 1.165) is 12.0 Å².